The van der Waals surface area contributed by atoms with E-state index in [0.717, 1.165) is 17.2 Å². The normalized spacial score (nSPS) is 18.1. The Bertz CT molecular complexity index is 478. The molecule has 1 saturated heterocycles. The number of carbonyl (C=O) groups is 1. The predicted octanol–water partition coefficient (Wildman–Crippen LogP) is 1.85. The summed E-state index contributed by atoms with van der Waals surface area (Å²) in [5.74, 6) is 1.51. The minimum Gasteiger partial charge on any atom is -0.494 e. The van der Waals surface area contributed by atoms with E-state index >= 15 is 0 Å². The maximum absolute atomic E-state index is 13.7. The molecule has 0 spiro atoms. The molecule has 20 heavy (non-hydrogen) atoms. The van der Waals surface area contributed by atoms with E-state index in [1.54, 1.807) is 28.8 Å². The minimum absolute atomic E-state index is 0.0775. The van der Waals surface area contributed by atoms with Crippen LogP contribution in [0.5, 0.6) is 5.75 Å². The van der Waals surface area contributed by atoms with Gasteiger partial charge in [-0.1, -0.05) is 6.07 Å². The summed E-state index contributed by atoms with van der Waals surface area (Å²) in [7, 11) is 1.43. The number of amides is 1. The summed E-state index contributed by atoms with van der Waals surface area (Å²) in [4.78, 5) is 14.1. The van der Waals surface area contributed by atoms with Gasteiger partial charge in [0.05, 0.1) is 13.2 Å². The van der Waals surface area contributed by atoms with Gasteiger partial charge in [-0.2, -0.15) is 0 Å². The Morgan fingerprint density at radius 1 is 1.60 bits per heavy atom. The highest BCUT2D eigenvalue weighted by Crippen LogP contribution is 2.19. The summed E-state index contributed by atoms with van der Waals surface area (Å²) < 4.78 is 18.6. The van der Waals surface area contributed by atoms with Crippen LogP contribution in [0.15, 0.2) is 18.2 Å². The van der Waals surface area contributed by atoms with Gasteiger partial charge >= 0.3 is 0 Å². The number of hydrogen-bond acceptors (Lipinski definition) is 4. The zero-order valence-electron chi connectivity index (χ0n) is 11.7. The van der Waals surface area contributed by atoms with Crippen molar-refractivity contribution in [2.24, 2.45) is 0 Å². The van der Waals surface area contributed by atoms with Crippen molar-refractivity contribution in [1.82, 2.24) is 10.2 Å². The quantitative estimate of drug-likeness (QED) is 0.901. The maximum Gasteiger partial charge on any atom is 0.240 e. The molecule has 0 bridgehead atoms. The second-order valence-electron chi connectivity index (χ2n) is 4.59. The summed E-state index contributed by atoms with van der Waals surface area (Å²) in [6.07, 6.45) is 0. The van der Waals surface area contributed by atoms with Gasteiger partial charge < -0.3 is 9.64 Å². The number of hydrogen-bond donors (Lipinski definition) is 1. The van der Waals surface area contributed by atoms with E-state index in [9.17, 15) is 9.18 Å². The molecule has 1 heterocycles. The van der Waals surface area contributed by atoms with Crippen LogP contribution in [-0.4, -0.2) is 42.1 Å². The Morgan fingerprint density at radius 3 is 2.95 bits per heavy atom. The molecule has 0 radical (unpaired) electrons. The summed E-state index contributed by atoms with van der Waals surface area (Å²) in [6, 6.07) is 4.68. The smallest absolute Gasteiger partial charge is 0.240 e. The van der Waals surface area contributed by atoms with E-state index in [0.29, 0.717) is 13.1 Å². The van der Waals surface area contributed by atoms with Crippen LogP contribution < -0.4 is 10.1 Å². The topological polar surface area (TPSA) is 41.6 Å². The number of ether oxygens (including phenoxy) is 1. The highest BCUT2D eigenvalue weighted by molar-refractivity contribution is 7.99. The SMILES string of the molecule is CCN(Cc1ccc(OC)c(F)c1)C(=O)C1CSCN1. The molecule has 1 amide bonds. The molecule has 0 saturated carbocycles. The fraction of sp³-hybridized carbons (Fsp3) is 0.500. The number of benzene rings is 1. The van der Waals surface area contributed by atoms with Crippen LogP contribution in [-0.2, 0) is 11.3 Å². The zero-order valence-corrected chi connectivity index (χ0v) is 12.5. The van der Waals surface area contributed by atoms with Gasteiger partial charge in [0, 0.05) is 24.7 Å². The summed E-state index contributed by atoms with van der Waals surface area (Å²) in [6.45, 7) is 2.95. The van der Waals surface area contributed by atoms with Crippen LogP contribution in [0.2, 0.25) is 0 Å². The average molecular weight is 298 g/mol. The first-order chi connectivity index (χ1) is 9.65. The summed E-state index contributed by atoms with van der Waals surface area (Å²) in [5, 5.41) is 3.16. The van der Waals surface area contributed by atoms with E-state index in [2.05, 4.69) is 5.32 Å². The Kier molecular flexibility index (Phi) is 5.25. The van der Waals surface area contributed by atoms with E-state index in [4.69, 9.17) is 4.74 Å². The molecule has 1 aliphatic heterocycles. The zero-order chi connectivity index (χ0) is 14.5. The van der Waals surface area contributed by atoms with Gasteiger partial charge in [0.2, 0.25) is 5.91 Å². The first-order valence-corrected chi connectivity index (χ1v) is 7.73. The van der Waals surface area contributed by atoms with Crippen molar-refractivity contribution >= 4 is 17.7 Å². The van der Waals surface area contributed by atoms with Crippen LogP contribution in [0.1, 0.15) is 12.5 Å². The minimum atomic E-state index is -0.400. The number of rotatable bonds is 5. The lowest BCUT2D eigenvalue weighted by Crippen LogP contribution is -2.44. The lowest BCUT2D eigenvalue weighted by molar-refractivity contribution is -0.133. The Balaban J connectivity index is 2.05. The van der Waals surface area contributed by atoms with Crippen molar-refractivity contribution in [1.29, 1.82) is 0 Å². The molecule has 1 N–H and O–H groups in total. The monoisotopic (exact) mass is 298 g/mol. The van der Waals surface area contributed by atoms with E-state index in [-0.39, 0.29) is 17.7 Å². The number of carbonyl (C=O) groups excluding carboxylic acids is 1. The molecule has 4 nitrogen and oxygen atoms in total. The third kappa shape index (κ3) is 3.43. The van der Waals surface area contributed by atoms with Crippen molar-refractivity contribution in [2.45, 2.75) is 19.5 Å². The number of halogens is 1. The van der Waals surface area contributed by atoms with Gasteiger partial charge in [0.1, 0.15) is 0 Å². The maximum atomic E-state index is 13.7. The van der Waals surface area contributed by atoms with E-state index < -0.39 is 5.82 Å². The van der Waals surface area contributed by atoms with Gasteiger partial charge in [-0.25, -0.2) is 4.39 Å². The number of thioether (sulfide) groups is 1. The van der Waals surface area contributed by atoms with Crippen LogP contribution in [0.25, 0.3) is 0 Å². The standard InChI is InChI=1S/C14H19FN2O2S/c1-3-17(14(18)12-8-20-9-16-12)7-10-4-5-13(19-2)11(15)6-10/h4-6,12,16H,3,7-9H2,1-2H3. The van der Waals surface area contributed by atoms with Crippen molar-refractivity contribution in [2.75, 3.05) is 25.3 Å². The molecular weight excluding hydrogens is 279 g/mol. The molecule has 1 aromatic rings. The lowest BCUT2D eigenvalue weighted by Gasteiger charge is -2.24. The Morgan fingerprint density at radius 2 is 2.40 bits per heavy atom. The van der Waals surface area contributed by atoms with Crippen molar-refractivity contribution in [3.05, 3.63) is 29.6 Å². The Labute approximate surface area is 122 Å². The van der Waals surface area contributed by atoms with Gasteiger partial charge in [-0.05, 0) is 24.6 Å². The summed E-state index contributed by atoms with van der Waals surface area (Å²) >= 11 is 1.72. The third-order valence-corrected chi connectivity index (χ3v) is 4.24. The van der Waals surface area contributed by atoms with Crippen molar-refractivity contribution in [3.63, 3.8) is 0 Å². The molecule has 0 aromatic heterocycles. The van der Waals surface area contributed by atoms with Crippen LogP contribution >= 0.6 is 11.8 Å². The lowest BCUT2D eigenvalue weighted by atomic mass is 10.1. The molecule has 1 aliphatic rings. The van der Waals surface area contributed by atoms with Crippen molar-refractivity contribution < 1.29 is 13.9 Å². The number of nitrogens with one attached hydrogen (secondary N) is 1. The van der Waals surface area contributed by atoms with Crippen LogP contribution in [0.4, 0.5) is 4.39 Å². The first kappa shape index (κ1) is 15.1. The fourth-order valence-electron chi connectivity index (χ4n) is 2.15. The number of likely N-dealkylation sites (N-methyl/N-ethyl adjacent to an activating group) is 1. The second kappa shape index (κ2) is 6.95. The van der Waals surface area contributed by atoms with Crippen molar-refractivity contribution in [3.8, 4) is 5.75 Å². The molecular formula is C14H19FN2O2S. The second-order valence-corrected chi connectivity index (χ2v) is 5.62. The Hall–Kier alpha value is -1.27. The van der Waals surface area contributed by atoms with Crippen LogP contribution in [0, 0.1) is 5.82 Å². The van der Waals surface area contributed by atoms with Gasteiger partial charge in [-0.3, -0.25) is 10.1 Å². The van der Waals surface area contributed by atoms with Crippen LogP contribution in [0.3, 0.4) is 0 Å². The molecule has 1 fully saturated rings. The van der Waals surface area contributed by atoms with Gasteiger partial charge in [-0.15, -0.1) is 11.8 Å². The highest BCUT2D eigenvalue weighted by atomic mass is 32.2. The molecule has 1 aromatic carbocycles. The first-order valence-electron chi connectivity index (χ1n) is 6.58. The highest BCUT2D eigenvalue weighted by Gasteiger charge is 2.26. The predicted molar refractivity (Wildman–Crippen MR) is 78.3 cm³/mol. The number of methoxy groups -OCH3 is 1. The number of nitrogens with zero attached hydrogens (tertiary/aromatic N) is 1. The molecule has 110 valence electrons. The van der Waals surface area contributed by atoms with Gasteiger partial charge in [0.25, 0.3) is 0 Å². The van der Waals surface area contributed by atoms with E-state index in [1.807, 2.05) is 6.92 Å². The molecule has 1 unspecified atom stereocenters. The largest absolute Gasteiger partial charge is 0.494 e. The molecule has 1 atom stereocenters. The molecule has 0 aliphatic carbocycles. The summed E-state index contributed by atoms with van der Waals surface area (Å²) in [5.41, 5.74) is 0.768. The molecule has 2 rings (SSSR count). The van der Waals surface area contributed by atoms with Gasteiger partial charge in [0.15, 0.2) is 11.6 Å². The van der Waals surface area contributed by atoms with E-state index in [1.165, 1.54) is 13.2 Å². The molecule has 6 heteroatoms. The third-order valence-electron chi connectivity index (χ3n) is 3.30. The average Bonchev–Trinajstić information content (AvgIpc) is 2.98. The fourth-order valence-corrected chi connectivity index (χ4v) is 3.08.